The standard InChI is InChI=1S/C16H19NO2S/c18-15(10-11-20)16(19)13-8-4-5-9-14(13)17-12-6-2-1-3-7-12/h1-9,15-20H,10-11H2. The van der Waals surface area contributed by atoms with Gasteiger partial charge in [0.15, 0.2) is 0 Å². The molecule has 2 unspecified atom stereocenters. The molecular formula is C16H19NO2S. The third-order valence-electron chi connectivity index (χ3n) is 3.12. The molecule has 2 aromatic carbocycles. The highest BCUT2D eigenvalue weighted by atomic mass is 32.1. The molecule has 0 aliphatic heterocycles. The second-order valence-corrected chi connectivity index (χ2v) is 5.05. The monoisotopic (exact) mass is 289 g/mol. The fourth-order valence-electron chi connectivity index (χ4n) is 2.04. The molecule has 0 saturated heterocycles. The normalized spacial score (nSPS) is 13.8. The third kappa shape index (κ3) is 3.76. The van der Waals surface area contributed by atoms with Crippen molar-refractivity contribution in [1.82, 2.24) is 0 Å². The quantitative estimate of drug-likeness (QED) is 0.618. The molecule has 2 aromatic rings. The van der Waals surface area contributed by atoms with E-state index in [1.807, 2.05) is 54.6 Å². The lowest BCUT2D eigenvalue weighted by Crippen LogP contribution is -2.19. The van der Waals surface area contributed by atoms with Gasteiger partial charge in [-0.2, -0.15) is 12.6 Å². The Kier molecular flexibility index (Phi) is 5.47. The van der Waals surface area contributed by atoms with Crippen molar-refractivity contribution in [3.05, 3.63) is 60.2 Å². The second kappa shape index (κ2) is 7.33. The largest absolute Gasteiger partial charge is 0.390 e. The van der Waals surface area contributed by atoms with Crippen molar-refractivity contribution in [3.8, 4) is 0 Å². The van der Waals surface area contributed by atoms with Crippen LogP contribution in [-0.2, 0) is 0 Å². The minimum absolute atomic E-state index is 0.448. The number of benzene rings is 2. The number of rotatable bonds is 6. The lowest BCUT2D eigenvalue weighted by molar-refractivity contribution is 0.0176. The smallest absolute Gasteiger partial charge is 0.107 e. The van der Waals surface area contributed by atoms with Crippen molar-refractivity contribution in [1.29, 1.82) is 0 Å². The fraction of sp³-hybridized carbons (Fsp3) is 0.250. The molecule has 0 spiro atoms. The Morgan fingerprint density at radius 2 is 1.60 bits per heavy atom. The molecule has 0 bridgehead atoms. The zero-order chi connectivity index (χ0) is 14.4. The van der Waals surface area contributed by atoms with Gasteiger partial charge in [-0.05, 0) is 30.4 Å². The first kappa shape index (κ1) is 14.9. The number of hydrogen-bond donors (Lipinski definition) is 4. The molecule has 2 rings (SSSR count). The van der Waals surface area contributed by atoms with Gasteiger partial charge in [-0.1, -0.05) is 36.4 Å². The van der Waals surface area contributed by atoms with Gasteiger partial charge in [0.05, 0.1) is 6.10 Å². The van der Waals surface area contributed by atoms with Gasteiger partial charge in [0.1, 0.15) is 6.10 Å². The van der Waals surface area contributed by atoms with Crippen LogP contribution >= 0.6 is 12.6 Å². The van der Waals surface area contributed by atoms with Crippen LogP contribution in [0.2, 0.25) is 0 Å². The highest BCUT2D eigenvalue weighted by Gasteiger charge is 2.20. The van der Waals surface area contributed by atoms with Gasteiger partial charge in [-0.25, -0.2) is 0 Å². The molecule has 106 valence electrons. The zero-order valence-corrected chi connectivity index (χ0v) is 12.0. The predicted octanol–water partition coefficient (Wildman–Crippen LogP) is 3.14. The Bertz CT molecular complexity index is 533. The Morgan fingerprint density at radius 1 is 0.950 bits per heavy atom. The summed E-state index contributed by atoms with van der Waals surface area (Å²) in [5.74, 6) is 0.534. The maximum atomic E-state index is 10.3. The van der Waals surface area contributed by atoms with Crippen LogP contribution in [0.4, 0.5) is 11.4 Å². The van der Waals surface area contributed by atoms with E-state index in [1.54, 1.807) is 0 Å². The molecule has 3 N–H and O–H groups in total. The van der Waals surface area contributed by atoms with Crippen LogP contribution in [0, 0.1) is 0 Å². The maximum absolute atomic E-state index is 10.3. The van der Waals surface area contributed by atoms with Crippen molar-refractivity contribution < 1.29 is 10.2 Å². The first-order chi connectivity index (χ1) is 9.72. The van der Waals surface area contributed by atoms with E-state index in [4.69, 9.17) is 0 Å². The van der Waals surface area contributed by atoms with E-state index in [-0.39, 0.29) is 0 Å². The summed E-state index contributed by atoms with van der Waals surface area (Å²) in [6, 6.07) is 17.2. The topological polar surface area (TPSA) is 52.5 Å². The SMILES string of the molecule is OC(CCS)C(O)c1ccccc1Nc1ccccc1. The van der Waals surface area contributed by atoms with Crippen LogP contribution in [0.15, 0.2) is 54.6 Å². The molecule has 0 aromatic heterocycles. The predicted molar refractivity (Wildman–Crippen MR) is 85.6 cm³/mol. The van der Waals surface area contributed by atoms with Crippen LogP contribution in [0.1, 0.15) is 18.1 Å². The molecule has 4 heteroatoms. The molecule has 0 fully saturated rings. The zero-order valence-electron chi connectivity index (χ0n) is 11.1. The third-order valence-corrected chi connectivity index (χ3v) is 3.38. The van der Waals surface area contributed by atoms with Crippen molar-refractivity contribution in [2.75, 3.05) is 11.1 Å². The summed E-state index contributed by atoms with van der Waals surface area (Å²) in [7, 11) is 0. The van der Waals surface area contributed by atoms with Gasteiger partial charge < -0.3 is 15.5 Å². The molecule has 0 aliphatic rings. The molecule has 2 atom stereocenters. The van der Waals surface area contributed by atoms with Gasteiger partial charge in [-0.15, -0.1) is 0 Å². The van der Waals surface area contributed by atoms with E-state index in [0.29, 0.717) is 17.7 Å². The van der Waals surface area contributed by atoms with Crippen molar-refractivity contribution in [2.45, 2.75) is 18.6 Å². The Labute approximate surface area is 124 Å². The molecule has 3 nitrogen and oxygen atoms in total. The summed E-state index contributed by atoms with van der Waals surface area (Å²) in [5, 5.41) is 23.5. The lowest BCUT2D eigenvalue weighted by Gasteiger charge is -2.21. The number of thiol groups is 1. The maximum Gasteiger partial charge on any atom is 0.107 e. The summed E-state index contributed by atoms with van der Waals surface area (Å²) in [6.07, 6.45) is -1.29. The minimum atomic E-state index is -0.922. The van der Waals surface area contributed by atoms with E-state index < -0.39 is 12.2 Å². The van der Waals surface area contributed by atoms with Gasteiger partial charge in [0.25, 0.3) is 0 Å². The van der Waals surface area contributed by atoms with Gasteiger partial charge in [0, 0.05) is 16.9 Å². The molecule has 0 amide bonds. The van der Waals surface area contributed by atoms with E-state index in [0.717, 1.165) is 11.4 Å². The van der Waals surface area contributed by atoms with Crippen LogP contribution in [0.5, 0.6) is 0 Å². The van der Waals surface area contributed by atoms with Crippen LogP contribution in [-0.4, -0.2) is 22.1 Å². The minimum Gasteiger partial charge on any atom is -0.390 e. The Morgan fingerprint density at radius 3 is 2.30 bits per heavy atom. The number of aliphatic hydroxyl groups excluding tert-OH is 2. The molecule has 20 heavy (non-hydrogen) atoms. The van der Waals surface area contributed by atoms with E-state index >= 15 is 0 Å². The summed E-state index contributed by atoms with van der Waals surface area (Å²) in [6.45, 7) is 0. The first-order valence-electron chi connectivity index (χ1n) is 6.60. The van der Waals surface area contributed by atoms with Crippen molar-refractivity contribution >= 4 is 24.0 Å². The van der Waals surface area contributed by atoms with Gasteiger partial charge >= 0.3 is 0 Å². The summed E-state index contributed by atoms with van der Waals surface area (Å²) in [4.78, 5) is 0. The number of aliphatic hydroxyl groups is 2. The van der Waals surface area contributed by atoms with Crippen LogP contribution in [0.3, 0.4) is 0 Å². The Hall–Kier alpha value is -1.49. The van der Waals surface area contributed by atoms with Crippen LogP contribution < -0.4 is 5.32 Å². The first-order valence-corrected chi connectivity index (χ1v) is 7.23. The average Bonchev–Trinajstić information content (AvgIpc) is 2.48. The van der Waals surface area contributed by atoms with Gasteiger partial charge in [-0.3, -0.25) is 0 Å². The summed E-state index contributed by atoms with van der Waals surface area (Å²) in [5.41, 5.74) is 2.42. The molecule has 0 heterocycles. The molecule has 0 aliphatic carbocycles. The van der Waals surface area contributed by atoms with Crippen LogP contribution in [0.25, 0.3) is 0 Å². The average molecular weight is 289 g/mol. The van der Waals surface area contributed by atoms with Crippen molar-refractivity contribution in [3.63, 3.8) is 0 Å². The van der Waals surface area contributed by atoms with E-state index in [2.05, 4.69) is 17.9 Å². The summed E-state index contributed by atoms with van der Waals surface area (Å²) >= 11 is 4.09. The van der Waals surface area contributed by atoms with E-state index in [1.165, 1.54) is 0 Å². The fourth-order valence-corrected chi connectivity index (χ4v) is 2.31. The number of para-hydroxylation sites is 2. The highest BCUT2D eigenvalue weighted by Crippen LogP contribution is 2.28. The molecule has 0 saturated carbocycles. The molecular weight excluding hydrogens is 270 g/mol. The summed E-state index contributed by atoms with van der Waals surface area (Å²) < 4.78 is 0. The number of anilines is 2. The lowest BCUT2D eigenvalue weighted by atomic mass is 10.0. The van der Waals surface area contributed by atoms with E-state index in [9.17, 15) is 10.2 Å². The number of hydrogen-bond acceptors (Lipinski definition) is 4. The van der Waals surface area contributed by atoms with Crippen molar-refractivity contribution in [2.24, 2.45) is 0 Å². The Balaban J connectivity index is 2.22. The second-order valence-electron chi connectivity index (χ2n) is 4.60. The van der Waals surface area contributed by atoms with Gasteiger partial charge in [0.2, 0.25) is 0 Å². The molecule has 0 radical (unpaired) electrons. The highest BCUT2D eigenvalue weighted by molar-refractivity contribution is 7.80. The number of nitrogens with one attached hydrogen (secondary N) is 1.